The van der Waals surface area contributed by atoms with E-state index in [1.165, 1.54) is 77.0 Å². The highest BCUT2D eigenvalue weighted by Crippen LogP contribution is 2.43. The Morgan fingerprint density at radius 1 is 0.582 bits per heavy atom. The van der Waals surface area contributed by atoms with Gasteiger partial charge in [-0.3, -0.25) is 23.4 Å². The number of phosphoric ester groups is 1. The number of rotatable bonds is 39. The third-order valence-corrected chi connectivity index (χ3v) is 9.89. The zero-order chi connectivity index (χ0) is 40.7. The predicted octanol–water partition coefficient (Wildman–Crippen LogP) is 11.0. The minimum Gasteiger partial charge on any atom is -0.480 e. The fourth-order valence-electron chi connectivity index (χ4n) is 5.60. The fraction of sp³-hybridized carbons (Fsp3) is 0.744. The van der Waals surface area contributed by atoms with Gasteiger partial charge in [-0.05, 0) is 32.1 Å². The summed E-state index contributed by atoms with van der Waals surface area (Å²) >= 11 is 0. The summed E-state index contributed by atoms with van der Waals surface area (Å²) < 4.78 is 32.6. The minimum absolute atomic E-state index is 0.135. The van der Waals surface area contributed by atoms with E-state index >= 15 is 0 Å². The third-order valence-electron chi connectivity index (χ3n) is 8.94. The van der Waals surface area contributed by atoms with Crippen molar-refractivity contribution < 1.29 is 47.5 Å². The van der Waals surface area contributed by atoms with Crippen LogP contribution < -0.4 is 5.73 Å². The van der Waals surface area contributed by atoms with Gasteiger partial charge in [0.05, 0.1) is 13.2 Å². The number of aliphatic carboxylic acids is 1. The van der Waals surface area contributed by atoms with Crippen LogP contribution in [0.25, 0.3) is 0 Å². The van der Waals surface area contributed by atoms with Crippen molar-refractivity contribution in [1.82, 2.24) is 0 Å². The molecule has 0 spiro atoms. The van der Waals surface area contributed by atoms with Crippen molar-refractivity contribution in [3.8, 4) is 0 Å². The fourth-order valence-corrected chi connectivity index (χ4v) is 6.38. The molecule has 0 rings (SSSR count). The Morgan fingerprint density at radius 2 is 1.02 bits per heavy atom. The lowest BCUT2D eigenvalue weighted by molar-refractivity contribution is -0.161. The van der Waals surface area contributed by atoms with Crippen LogP contribution in [0.3, 0.4) is 0 Å². The number of esters is 2. The zero-order valence-corrected chi connectivity index (χ0v) is 35.2. The molecule has 11 nitrogen and oxygen atoms in total. The summed E-state index contributed by atoms with van der Waals surface area (Å²) in [5, 5.41) is 8.88. The molecule has 1 unspecified atom stereocenters. The first-order chi connectivity index (χ1) is 26.6. The van der Waals surface area contributed by atoms with Gasteiger partial charge in [-0.15, -0.1) is 0 Å². The molecular weight excluding hydrogens is 721 g/mol. The number of phosphoric acid groups is 1. The summed E-state index contributed by atoms with van der Waals surface area (Å²) in [6.07, 6.45) is 41.7. The number of hydrogen-bond donors (Lipinski definition) is 3. The van der Waals surface area contributed by atoms with Crippen LogP contribution >= 0.6 is 7.82 Å². The second-order valence-corrected chi connectivity index (χ2v) is 15.6. The van der Waals surface area contributed by atoms with Crippen molar-refractivity contribution in [2.45, 2.75) is 187 Å². The van der Waals surface area contributed by atoms with E-state index in [9.17, 15) is 23.8 Å². The Labute approximate surface area is 333 Å². The Morgan fingerprint density at radius 3 is 1.53 bits per heavy atom. The number of carboxylic acids is 1. The number of carboxylic acid groups (broad SMARTS) is 1. The Bertz CT molecular complexity index is 1120. The molecule has 0 amide bonds. The van der Waals surface area contributed by atoms with Gasteiger partial charge < -0.3 is 25.2 Å². The zero-order valence-electron chi connectivity index (χ0n) is 34.3. The van der Waals surface area contributed by atoms with Gasteiger partial charge in [0.15, 0.2) is 6.10 Å². The monoisotopic (exact) mass is 798 g/mol. The highest BCUT2D eigenvalue weighted by molar-refractivity contribution is 7.47. The van der Waals surface area contributed by atoms with Crippen molar-refractivity contribution in [3.05, 3.63) is 48.6 Å². The SMILES string of the molecule is CC/C=C/C=C/C=C/C=C/CCCCCCCC(=O)O[C@H](COC(=O)CCCCCCCCCCCCCCCCCC)COP(=O)(O)OC[C@H](N)C(=O)O. The summed E-state index contributed by atoms with van der Waals surface area (Å²) in [5.41, 5.74) is 5.33. The molecule has 0 bridgehead atoms. The van der Waals surface area contributed by atoms with Crippen LogP contribution in [0.5, 0.6) is 0 Å². The highest BCUT2D eigenvalue weighted by atomic mass is 31.2. The summed E-state index contributed by atoms with van der Waals surface area (Å²) in [6.45, 7) is 2.64. The Kier molecular flexibility index (Phi) is 36.5. The average Bonchev–Trinajstić information content (AvgIpc) is 3.16. The third kappa shape index (κ3) is 38.1. The summed E-state index contributed by atoms with van der Waals surface area (Å²) in [4.78, 5) is 45.9. The molecule has 0 saturated heterocycles. The van der Waals surface area contributed by atoms with E-state index in [2.05, 4.69) is 30.5 Å². The molecule has 0 aliphatic heterocycles. The number of unbranched alkanes of at least 4 members (excludes halogenated alkanes) is 20. The lowest BCUT2D eigenvalue weighted by atomic mass is 10.0. The van der Waals surface area contributed by atoms with Gasteiger partial charge in [0.25, 0.3) is 0 Å². The molecule has 0 radical (unpaired) electrons. The molecule has 318 valence electrons. The van der Waals surface area contributed by atoms with Gasteiger partial charge in [-0.2, -0.15) is 0 Å². The maximum atomic E-state index is 12.6. The van der Waals surface area contributed by atoms with Crippen LogP contribution in [-0.2, 0) is 37.5 Å². The topological polar surface area (TPSA) is 172 Å². The molecule has 0 fully saturated rings. The molecular formula is C43H76NO10P. The second kappa shape index (κ2) is 38.3. The highest BCUT2D eigenvalue weighted by Gasteiger charge is 2.28. The molecule has 0 heterocycles. The van der Waals surface area contributed by atoms with Crippen LogP contribution in [0.4, 0.5) is 0 Å². The molecule has 55 heavy (non-hydrogen) atoms. The van der Waals surface area contributed by atoms with Gasteiger partial charge in [-0.25, -0.2) is 4.57 Å². The molecule has 0 aromatic heterocycles. The van der Waals surface area contributed by atoms with Crippen molar-refractivity contribution in [3.63, 3.8) is 0 Å². The molecule has 3 atom stereocenters. The maximum Gasteiger partial charge on any atom is 0.472 e. The van der Waals surface area contributed by atoms with Gasteiger partial charge in [0, 0.05) is 12.8 Å². The second-order valence-electron chi connectivity index (χ2n) is 14.2. The van der Waals surface area contributed by atoms with Crippen molar-refractivity contribution in [2.75, 3.05) is 19.8 Å². The summed E-state index contributed by atoms with van der Waals surface area (Å²) in [7, 11) is -4.72. The maximum absolute atomic E-state index is 12.6. The van der Waals surface area contributed by atoms with Crippen molar-refractivity contribution >= 4 is 25.7 Å². The van der Waals surface area contributed by atoms with E-state index in [-0.39, 0.29) is 19.4 Å². The molecule has 12 heteroatoms. The quantitative estimate of drug-likeness (QED) is 0.0234. The normalized spacial score (nSPS) is 14.3. The number of ether oxygens (including phenoxy) is 2. The smallest absolute Gasteiger partial charge is 0.472 e. The molecule has 0 aromatic rings. The van der Waals surface area contributed by atoms with E-state index in [1.807, 2.05) is 36.5 Å². The molecule has 0 aliphatic rings. The molecule has 0 aliphatic carbocycles. The van der Waals surface area contributed by atoms with E-state index in [0.717, 1.165) is 57.8 Å². The predicted molar refractivity (Wildman–Crippen MR) is 222 cm³/mol. The number of carbonyl (C=O) groups is 3. The first-order valence-electron chi connectivity index (χ1n) is 21.2. The summed E-state index contributed by atoms with van der Waals surface area (Å²) in [5.74, 6) is -2.41. The van der Waals surface area contributed by atoms with Crippen molar-refractivity contribution in [2.24, 2.45) is 5.73 Å². The summed E-state index contributed by atoms with van der Waals surface area (Å²) in [6, 6.07) is -1.53. The Hall–Kier alpha value is -2.56. The van der Waals surface area contributed by atoms with Crippen LogP contribution in [0, 0.1) is 0 Å². The lowest BCUT2D eigenvalue weighted by Gasteiger charge is -2.20. The first kappa shape index (κ1) is 52.4. The number of carbonyl (C=O) groups excluding carboxylic acids is 2. The van der Waals surface area contributed by atoms with Crippen LogP contribution in [0.2, 0.25) is 0 Å². The van der Waals surface area contributed by atoms with E-state index < -0.39 is 51.1 Å². The van der Waals surface area contributed by atoms with Gasteiger partial charge in [0.1, 0.15) is 12.6 Å². The standard InChI is InChI=1S/C43H76NO10P/c1-3-5-7-9-11-13-15-17-19-21-22-24-26-28-30-32-34-41(45)51-36-39(37-52-55(49,50)53-38-40(44)43(47)48)54-42(46)35-33-31-29-27-25-23-20-18-16-14-12-10-8-6-4-2/h6,8,10,12,14,16,18,20,39-40H,3-5,7,9,11,13,15,17,19,21-38,44H2,1-2H3,(H,47,48)(H,49,50)/b8-6+,12-10+,16-14+,20-18+/t39-,40+/m1/s1. The molecule has 4 N–H and O–H groups in total. The first-order valence-corrected chi connectivity index (χ1v) is 22.7. The number of nitrogens with two attached hydrogens (primary N) is 1. The van der Waals surface area contributed by atoms with Crippen LogP contribution in [0.15, 0.2) is 48.6 Å². The van der Waals surface area contributed by atoms with E-state index in [1.54, 1.807) is 0 Å². The average molecular weight is 798 g/mol. The minimum atomic E-state index is -4.72. The van der Waals surface area contributed by atoms with Gasteiger partial charge in [-0.1, -0.05) is 178 Å². The van der Waals surface area contributed by atoms with Crippen LogP contribution in [-0.4, -0.2) is 59.9 Å². The van der Waals surface area contributed by atoms with Gasteiger partial charge in [0.2, 0.25) is 0 Å². The van der Waals surface area contributed by atoms with E-state index in [4.69, 9.17) is 24.8 Å². The Balaban J connectivity index is 4.40. The van der Waals surface area contributed by atoms with Crippen LogP contribution in [0.1, 0.15) is 174 Å². The largest absolute Gasteiger partial charge is 0.480 e. The van der Waals surface area contributed by atoms with Crippen molar-refractivity contribution in [1.29, 1.82) is 0 Å². The number of hydrogen-bond acceptors (Lipinski definition) is 9. The number of allylic oxidation sites excluding steroid dienone is 8. The van der Waals surface area contributed by atoms with E-state index in [0.29, 0.717) is 12.8 Å². The molecule has 0 saturated carbocycles. The lowest BCUT2D eigenvalue weighted by Crippen LogP contribution is -2.34. The molecule has 0 aromatic carbocycles. The van der Waals surface area contributed by atoms with Gasteiger partial charge >= 0.3 is 25.7 Å².